The minimum atomic E-state index is 0.825. The first-order chi connectivity index (χ1) is 22.3. The number of nitrogens with zero attached hydrogens (tertiary/aromatic N) is 1. The normalized spacial score (nSPS) is 12.8. The van der Waals surface area contributed by atoms with Crippen molar-refractivity contribution >= 4 is 50.2 Å². The van der Waals surface area contributed by atoms with Gasteiger partial charge in [0.25, 0.3) is 0 Å². The molecule has 1 aliphatic carbocycles. The maximum atomic E-state index is 6.55. The van der Waals surface area contributed by atoms with Crippen LogP contribution >= 0.6 is 0 Å². The molecule has 0 N–H and O–H groups in total. The monoisotopic (exact) mass is 575 g/mol. The summed E-state index contributed by atoms with van der Waals surface area (Å²) >= 11 is 0. The van der Waals surface area contributed by atoms with Gasteiger partial charge in [-0.2, -0.15) is 0 Å². The highest BCUT2D eigenvalue weighted by molar-refractivity contribution is 6.12. The third-order valence-corrected chi connectivity index (χ3v) is 9.04. The Hall–Kier alpha value is -5.86. The number of rotatable bonds is 4. The molecule has 6 aromatic carbocycles. The molecule has 0 saturated carbocycles. The van der Waals surface area contributed by atoms with E-state index in [1.54, 1.807) is 0 Å². The number of allylic oxidation sites excluding steroid dienone is 2. The summed E-state index contributed by atoms with van der Waals surface area (Å²) in [4.78, 5) is 0. The second kappa shape index (κ2) is 10.4. The molecule has 2 heterocycles. The van der Waals surface area contributed by atoms with Crippen molar-refractivity contribution in [2.45, 2.75) is 6.42 Å². The van der Waals surface area contributed by atoms with E-state index in [2.05, 4.69) is 168 Å². The lowest BCUT2D eigenvalue weighted by atomic mass is 9.91. The number of benzene rings is 6. The van der Waals surface area contributed by atoms with E-state index in [1.807, 2.05) is 0 Å². The van der Waals surface area contributed by atoms with Crippen LogP contribution in [0.5, 0.6) is 0 Å². The van der Waals surface area contributed by atoms with E-state index in [1.165, 1.54) is 59.8 Å². The first-order valence-electron chi connectivity index (χ1n) is 15.5. The Morgan fingerprint density at radius 2 is 1.13 bits per heavy atom. The summed E-state index contributed by atoms with van der Waals surface area (Å²) in [7, 11) is 0. The SMILES string of the molecule is C1=C(c2ccc(-c3ccc(-c4c5ccccc5cc5ccccc45)cc3)o2)C=c2c(n(-c3ccccc3)c3ccccc23)=CC1. The molecule has 0 unspecified atom stereocenters. The molecule has 45 heavy (non-hydrogen) atoms. The average Bonchev–Trinajstić information content (AvgIpc) is 3.64. The lowest BCUT2D eigenvalue weighted by Crippen LogP contribution is -2.28. The van der Waals surface area contributed by atoms with Gasteiger partial charge < -0.3 is 8.98 Å². The van der Waals surface area contributed by atoms with Gasteiger partial charge in [-0.1, -0.05) is 121 Å². The van der Waals surface area contributed by atoms with Crippen LogP contribution in [0.15, 0.2) is 156 Å². The molecule has 0 fully saturated rings. The van der Waals surface area contributed by atoms with Gasteiger partial charge in [0.05, 0.1) is 10.9 Å². The number of para-hydroxylation sites is 2. The van der Waals surface area contributed by atoms with Gasteiger partial charge in [-0.3, -0.25) is 0 Å². The molecule has 0 atom stereocenters. The van der Waals surface area contributed by atoms with Gasteiger partial charge in [-0.05, 0) is 81.6 Å². The standard InChI is InChI=1S/C43H29NO/c1-2-14-34(15-3-1)44-39-19-9-8-18-37(39)38-28-33(13-10-20-40(38)44)42-26-25-41(45-42)29-21-23-30(24-22-29)43-35-16-6-4-11-31(35)27-32-12-5-7-17-36(32)43/h1-9,11-28H,10H2. The second-order valence-corrected chi connectivity index (χ2v) is 11.7. The zero-order valence-electron chi connectivity index (χ0n) is 24.7. The van der Waals surface area contributed by atoms with E-state index in [0.29, 0.717) is 0 Å². The van der Waals surface area contributed by atoms with Gasteiger partial charge in [0.2, 0.25) is 0 Å². The van der Waals surface area contributed by atoms with Crippen molar-refractivity contribution in [1.29, 1.82) is 0 Å². The number of aromatic nitrogens is 1. The third-order valence-electron chi connectivity index (χ3n) is 9.04. The van der Waals surface area contributed by atoms with Gasteiger partial charge in [-0.15, -0.1) is 0 Å². The van der Waals surface area contributed by atoms with Crippen LogP contribution in [0, 0.1) is 0 Å². The van der Waals surface area contributed by atoms with Crippen LogP contribution < -0.4 is 10.6 Å². The Morgan fingerprint density at radius 1 is 0.511 bits per heavy atom. The van der Waals surface area contributed by atoms with Crippen molar-refractivity contribution < 1.29 is 4.42 Å². The number of hydrogen-bond acceptors (Lipinski definition) is 1. The molecule has 0 bridgehead atoms. The summed E-state index contributed by atoms with van der Waals surface area (Å²) in [6.07, 6.45) is 7.70. The van der Waals surface area contributed by atoms with E-state index >= 15 is 0 Å². The molecular weight excluding hydrogens is 546 g/mol. The summed E-state index contributed by atoms with van der Waals surface area (Å²) in [6, 6.07) is 51.9. The van der Waals surface area contributed by atoms with Gasteiger partial charge in [0, 0.05) is 27.4 Å². The maximum Gasteiger partial charge on any atom is 0.134 e. The second-order valence-electron chi connectivity index (χ2n) is 11.7. The maximum absolute atomic E-state index is 6.55. The fourth-order valence-corrected chi connectivity index (χ4v) is 6.95. The Kier molecular flexibility index (Phi) is 5.92. The van der Waals surface area contributed by atoms with Crippen molar-refractivity contribution in [2.75, 3.05) is 0 Å². The summed E-state index contributed by atoms with van der Waals surface area (Å²) in [5.41, 5.74) is 7.03. The predicted octanol–water partition coefficient (Wildman–Crippen LogP) is 9.91. The molecule has 0 aliphatic heterocycles. The van der Waals surface area contributed by atoms with Crippen LogP contribution in [-0.4, -0.2) is 4.57 Å². The number of furan rings is 1. The van der Waals surface area contributed by atoms with E-state index < -0.39 is 0 Å². The van der Waals surface area contributed by atoms with E-state index in [9.17, 15) is 0 Å². The van der Waals surface area contributed by atoms with Crippen LogP contribution in [0.4, 0.5) is 0 Å². The molecule has 0 radical (unpaired) electrons. The summed E-state index contributed by atoms with van der Waals surface area (Å²) in [6.45, 7) is 0. The molecule has 9 rings (SSSR count). The highest BCUT2D eigenvalue weighted by atomic mass is 16.3. The molecule has 2 nitrogen and oxygen atoms in total. The highest BCUT2D eigenvalue weighted by Crippen LogP contribution is 2.37. The highest BCUT2D eigenvalue weighted by Gasteiger charge is 2.15. The van der Waals surface area contributed by atoms with Crippen LogP contribution in [0.1, 0.15) is 12.2 Å². The molecule has 0 saturated heterocycles. The van der Waals surface area contributed by atoms with Gasteiger partial charge >= 0.3 is 0 Å². The molecule has 2 aromatic heterocycles. The lowest BCUT2D eigenvalue weighted by molar-refractivity contribution is 0.569. The van der Waals surface area contributed by atoms with E-state index in [-0.39, 0.29) is 0 Å². The van der Waals surface area contributed by atoms with E-state index in [0.717, 1.165) is 29.1 Å². The van der Waals surface area contributed by atoms with Crippen molar-refractivity contribution in [3.05, 3.63) is 168 Å². The quantitative estimate of drug-likeness (QED) is 0.191. The van der Waals surface area contributed by atoms with Crippen molar-refractivity contribution in [1.82, 2.24) is 4.57 Å². The lowest BCUT2D eigenvalue weighted by Gasteiger charge is -2.12. The van der Waals surface area contributed by atoms with Crippen LogP contribution in [0.25, 0.3) is 78.3 Å². The molecule has 2 heteroatoms. The average molecular weight is 576 g/mol. The fourth-order valence-electron chi connectivity index (χ4n) is 6.95. The largest absolute Gasteiger partial charge is 0.456 e. The molecule has 8 aromatic rings. The van der Waals surface area contributed by atoms with E-state index in [4.69, 9.17) is 4.42 Å². The Bertz CT molecular complexity index is 2490. The van der Waals surface area contributed by atoms with Crippen LogP contribution in [0.3, 0.4) is 0 Å². The summed E-state index contributed by atoms with van der Waals surface area (Å²) in [5, 5.41) is 8.73. The zero-order valence-corrected chi connectivity index (χ0v) is 24.7. The van der Waals surface area contributed by atoms with Crippen molar-refractivity contribution in [3.63, 3.8) is 0 Å². The third kappa shape index (κ3) is 4.26. The van der Waals surface area contributed by atoms with Crippen LogP contribution in [-0.2, 0) is 0 Å². The van der Waals surface area contributed by atoms with Crippen molar-refractivity contribution in [3.8, 4) is 28.1 Å². The molecule has 0 spiro atoms. The number of hydrogen-bond donors (Lipinski definition) is 0. The zero-order chi connectivity index (χ0) is 29.7. The predicted molar refractivity (Wildman–Crippen MR) is 189 cm³/mol. The first kappa shape index (κ1) is 25.6. The summed E-state index contributed by atoms with van der Waals surface area (Å²) in [5.74, 6) is 1.75. The minimum absolute atomic E-state index is 0.825. The minimum Gasteiger partial charge on any atom is -0.456 e. The number of fused-ring (bicyclic) bond motifs is 5. The smallest absolute Gasteiger partial charge is 0.134 e. The van der Waals surface area contributed by atoms with Gasteiger partial charge in [-0.25, -0.2) is 0 Å². The van der Waals surface area contributed by atoms with Gasteiger partial charge in [0.15, 0.2) is 0 Å². The van der Waals surface area contributed by atoms with Crippen molar-refractivity contribution in [2.24, 2.45) is 0 Å². The molecule has 1 aliphatic rings. The molecular formula is C43H29NO. The van der Waals surface area contributed by atoms with Crippen LogP contribution in [0.2, 0.25) is 0 Å². The van der Waals surface area contributed by atoms with Gasteiger partial charge in [0.1, 0.15) is 11.5 Å². The summed E-state index contributed by atoms with van der Waals surface area (Å²) < 4.78 is 8.92. The fraction of sp³-hybridized carbons (Fsp3) is 0.0233. The molecule has 0 amide bonds. The Balaban J connectivity index is 1.10. The topological polar surface area (TPSA) is 18.1 Å². The first-order valence-corrected chi connectivity index (χ1v) is 15.5. The Morgan fingerprint density at radius 3 is 1.89 bits per heavy atom. The molecule has 212 valence electrons. The Labute approximate surface area is 261 Å².